The number of carbonyl (C=O) groups excluding carboxylic acids is 2. The summed E-state index contributed by atoms with van der Waals surface area (Å²) in [5, 5.41) is 3.05. The van der Waals surface area contributed by atoms with Crippen molar-refractivity contribution in [1.82, 2.24) is 4.90 Å². The zero-order valence-corrected chi connectivity index (χ0v) is 18.0. The molecule has 29 heavy (non-hydrogen) atoms. The third-order valence-electron chi connectivity index (χ3n) is 6.21. The third-order valence-corrected chi connectivity index (χ3v) is 6.21. The maximum absolute atomic E-state index is 12.7. The highest BCUT2D eigenvalue weighted by molar-refractivity contribution is 5.93. The predicted molar refractivity (Wildman–Crippen MR) is 112 cm³/mol. The second-order valence-electron chi connectivity index (χ2n) is 8.57. The zero-order chi connectivity index (χ0) is 20.8. The quantitative estimate of drug-likeness (QED) is 0.557. The molecule has 1 aromatic carbocycles. The summed E-state index contributed by atoms with van der Waals surface area (Å²) < 4.78 is 5.32. The van der Waals surface area contributed by atoms with Crippen molar-refractivity contribution in [1.29, 1.82) is 0 Å². The van der Waals surface area contributed by atoms with E-state index in [1.807, 2.05) is 24.0 Å². The van der Waals surface area contributed by atoms with E-state index in [0.717, 1.165) is 31.9 Å². The number of nitrogens with one attached hydrogen (secondary N) is 3. The first-order chi connectivity index (χ1) is 13.9. The Morgan fingerprint density at radius 2 is 1.66 bits per heavy atom. The number of hydrogen-bond acceptors (Lipinski definition) is 3. The largest absolute Gasteiger partial charge is 0.378 e. The second kappa shape index (κ2) is 10.2. The summed E-state index contributed by atoms with van der Waals surface area (Å²) in [6, 6.07) is 8.01. The van der Waals surface area contributed by atoms with Gasteiger partial charge in [-0.25, -0.2) is 0 Å². The molecule has 7 heteroatoms. The summed E-state index contributed by atoms with van der Waals surface area (Å²) in [6.07, 6.45) is 0. The first kappa shape index (κ1) is 21.7. The molecule has 2 aliphatic rings. The Hall–Kier alpha value is -1.96. The molecule has 0 aliphatic carbocycles. The van der Waals surface area contributed by atoms with E-state index in [0.29, 0.717) is 38.8 Å². The fraction of sp³-hybridized carbons (Fsp3) is 0.636. The van der Waals surface area contributed by atoms with E-state index in [4.69, 9.17) is 4.74 Å². The van der Waals surface area contributed by atoms with Crippen LogP contribution in [-0.2, 0) is 14.3 Å². The van der Waals surface area contributed by atoms with Gasteiger partial charge in [-0.2, -0.15) is 0 Å². The number of rotatable bonds is 6. The smallest absolute Gasteiger partial charge is 0.282 e. The number of ether oxygens (including phenoxy) is 1. The monoisotopic (exact) mass is 404 g/mol. The van der Waals surface area contributed by atoms with Gasteiger partial charge in [-0.3, -0.25) is 9.59 Å². The number of anilines is 1. The Balaban J connectivity index is 1.43. The molecule has 3 rings (SSSR count). The Bertz CT molecular complexity index is 678. The molecule has 0 radical (unpaired) electrons. The van der Waals surface area contributed by atoms with Crippen LogP contribution < -0.4 is 15.1 Å². The molecule has 7 nitrogen and oxygen atoms in total. The Kier molecular flexibility index (Phi) is 7.64. The summed E-state index contributed by atoms with van der Waals surface area (Å²) in [7, 11) is 0. The fourth-order valence-electron chi connectivity index (χ4n) is 4.06. The van der Waals surface area contributed by atoms with Gasteiger partial charge in [0, 0.05) is 18.8 Å². The lowest BCUT2D eigenvalue weighted by Crippen LogP contribution is -3.30. The van der Waals surface area contributed by atoms with E-state index in [1.165, 1.54) is 15.4 Å². The van der Waals surface area contributed by atoms with Crippen molar-refractivity contribution < 1.29 is 24.1 Å². The minimum absolute atomic E-state index is 0.0603. The Labute approximate surface area is 174 Å². The molecule has 2 fully saturated rings. The van der Waals surface area contributed by atoms with Gasteiger partial charge in [-0.15, -0.1) is 0 Å². The van der Waals surface area contributed by atoms with Crippen LogP contribution >= 0.6 is 0 Å². The molecular weight excluding hydrogens is 368 g/mol. The zero-order valence-electron chi connectivity index (χ0n) is 18.0. The van der Waals surface area contributed by atoms with Crippen LogP contribution in [0.1, 0.15) is 32.3 Å². The van der Waals surface area contributed by atoms with Gasteiger partial charge < -0.3 is 24.8 Å². The Morgan fingerprint density at radius 3 is 2.24 bits per heavy atom. The van der Waals surface area contributed by atoms with Crippen molar-refractivity contribution in [3.63, 3.8) is 0 Å². The van der Waals surface area contributed by atoms with Crippen LogP contribution in [-0.4, -0.2) is 81.8 Å². The molecule has 0 aromatic heterocycles. The van der Waals surface area contributed by atoms with E-state index in [-0.39, 0.29) is 17.9 Å². The van der Waals surface area contributed by atoms with Crippen LogP contribution in [0.5, 0.6) is 0 Å². The van der Waals surface area contributed by atoms with Crippen molar-refractivity contribution >= 4 is 17.5 Å². The third kappa shape index (κ3) is 6.01. The molecule has 0 spiro atoms. The van der Waals surface area contributed by atoms with Crippen molar-refractivity contribution in [2.75, 3.05) is 64.3 Å². The van der Waals surface area contributed by atoms with Crippen molar-refractivity contribution in [2.45, 2.75) is 32.7 Å². The van der Waals surface area contributed by atoms with Gasteiger partial charge in [0.25, 0.3) is 11.8 Å². The van der Waals surface area contributed by atoms with Crippen LogP contribution in [0.25, 0.3) is 0 Å². The van der Waals surface area contributed by atoms with Gasteiger partial charge in [0.15, 0.2) is 12.6 Å². The van der Waals surface area contributed by atoms with E-state index >= 15 is 0 Å². The first-order valence-electron chi connectivity index (χ1n) is 10.9. The minimum atomic E-state index is -0.101. The van der Waals surface area contributed by atoms with Crippen LogP contribution in [0, 0.1) is 0 Å². The lowest BCUT2D eigenvalue weighted by Gasteiger charge is -2.34. The van der Waals surface area contributed by atoms with Gasteiger partial charge in [0.05, 0.1) is 13.2 Å². The average Bonchev–Trinajstić information content (AvgIpc) is 2.74. The van der Waals surface area contributed by atoms with E-state index in [2.05, 4.69) is 31.3 Å². The number of quaternary nitrogens is 2. The van der Waals surface area contributed by atoms with Crippen LogP contribution in [0.2, 0.25) is 0 Å². The van der Waals surface area contributed by atoms with Gasteiger partial charge in [-0.1, -0.05) is 26.0 Å². The molecule has 2 heterocycles. The molecular formula is C22H36N4O3+2. The molecule has 0 saturated carbocycles. The predicted octanol–water partition coefficient (Wildman–Crippen LogP) is -1.22. The summed E-state index contributed by atoms with van der Waals surface area (Å²) in [5.74, 6) is 0.768. The highest BCUT2D eigenvalue weighted by atomic mass is 16.5. The molecule has 3 N–H and O–H groups in total. The van der Waals surface area contributed by atoms with Gasteiger partial charge in [-0.05, 0) is 30.5 Å². The summed E-state index contributed by atoms with van der Waals surface area (Å²) in [4.78, 5) is 29.7. The molecule has 2 amide bonds. The highest BCUT2D eigenvalue weighted by Gasteiger charge is 2.32. The summed E-state index contributed by atoms with van der Waals surface area (Å²) in [6.45, 7) is 13.2. The number of amides is 2. The molecule has 1 atom stereocenters. The normalized spacial score (nSPS) is 23.7. The van der Waals surface area contributed by atoms with E-state index in [9.17, 15) is 9.59 Å². The number of hydrogen-bond donors (Lipinski definition) is 3. The van der Waals surface area contributed by atoms with Gasteiger partial charge in [0.2, 0.25) is 0 Å². The lowest BCUT2D eigenvalue weighted by atomic mass is 10.0. The number of piperazine rings is 1. The summed E-state index contributed by atoms with van der Waals surface area (Å²) >= 11 is 0. The molecule has 2 saturated heterocycles. The van der Waals surface area contributed by atoms with Crippen LogP contribution in [0.3, 0.4) is 0 Å². The van der Waals surface area contributed by atoms with Crippen molar-refractivity contribution in [3.8, 4) is 0 Å². The molecule has 1 aromatic rings. The van der Waals surface area contributed by atoms with Crippen LogP contribution in [0.4, 0.5) is 5.69 Å². The minimum Gasteiger partial charge on any atom is -0.378 e. The van der Waals surface area contributed by atoms with Crippen molar-refractivity contribution in [3.05, 3.63) is 29.8 Å². The van der Waals surface area contributed by atoms with Crippen molar-refractivity contribution in [2.24, 2.45) is 0 Å². The SMILES string of the molecule is CC(C)c1ccc(NC(=O)[C@@H](C)[NH+]2CC[NH+](CC(=O)N3CCOCC3)CC2)cc1. The number of benzene rings is 1. The maximum atomic E-state index is 12.7. The van der Waals surface area contributed by atoms with Gasteiger partial charge >= 0.3 is 0 Å². The Morgan fingerprint density at radius 1 is 1.03 bits per heavy atom. The number of morpholine rings is 1. The second-order valence-corrected chi connectivity index (χ2v) is 8.57. The topological polar surface area (TPSA) is 67.5 Å². The molecule has 0 unspecified atom stereocenters. The van der Waals surface area contributed by atoms with E-state index in [1.54, 1.807) is 0 Å². The fourth-order valence-corrected chi connectivity index (χ4v) is 4.06. The van der Waals surface area contributed by atoms with E-state index < -0.39 is 0 Å². The lowest BCUT2D eigenvalue weighted by molar-refractivity contribution is -1.01. The average molecular weight is 405 g/mol. The highest BCUT2D eigenvalue weighted by Crippen LogP contribution is 2.17. The molecule has 160 valence electrons. The number of carbonyl (C=O) groups is 2. The molecule has 2 aliphatic heterocycles. The maximum Gasteiger partial charge on any atom is 0.282 e. The van der Waals surface area contributed by atoms with Gasteiger partial charge in [0.1, 0.15) is 26.2 Å². The molecule has 0 bridgehead atoms. The van der Waals surface area contributed by atoms with Crippen LogP contribution in [0.15, 0.2) is 24.3 Å². The summed E-state index contributed by atoms with van der Waals surface area (Å²) in [5.41, 5.74) is 2.12. The standard InChI is InChI=1S/C22H34N4O3/c1-17(2)19-4-6-20(7-5-19)23-22(28)18(3)25-10-8-24(9-11-25)16-21(27)26-12-14-29-15-13-26/h4-7,17-18H,8-16H2,1-3H3,(H,23,28)/p+2/t18-/m1/s1. The number of nitrogens with zero attached hydrogens (tertiary/aromatic N) is 1. The first-order valence-corrected chi connectivity index (χ1v) is 10.9.